The second-order valence-corrected chi connectivity index (χ2v) is 8.85. The molecule has 0 heterocycles. The molecule has 0 saturated heterocycles. The standard InChI is InChI=1S/C25H39NO5/c1-17(2)8-11-20(7-6-14-27)22(15-18(3)4)24(29)26-23(25(30)31-5)16-19-9-12-21(28)13-10-19/h8-13,17-18,20,22-23,27-28H,6-7,14-16H2,1-5H3,(H,26,29)/t20-,22-,23+/m1/s1. The van der Waals surface area contributed by atoms with Gasteiger partial charge in [0.15, 0.2) is 0 Å². The van der Waals surface area contributed by atoms with Gasteiger partial charge in [-0.05, 0) is 54.7 Å². The average Bonchev–Trinajstić information content (AvgIpc) is 2.72. The van der Waals surface area contributed by atoms with Crippen molar-refractivity contribution in [3.8, 4) is 5.75 Å². The van der Waals surface area contributed by atoms with Crippen LogP contribution in [0.2, 0.25) is 0 Å². The molecular weight excluding hydrogens is 394 g/mol. The summed E-state index contributed by atoms with van der Waals surface area (Å²) in [6.45, 7) is 8.39. The van der Waals surface area contributed by atoms with E-state index in [9.17, 15) is 19.8 Å². The van der Waals surface area contributed by atoms with E-state index in [0.29, 0.717) is 31.1 Å². The number of aromatic hydroxyl groups is 1. The molecule has 0 unspecified atom stereocenters. The van der Waals surface area contributed by atoms with E-state index in [0.717, 1.165) is 5.56 Å². The molecular formula is C25H39NO5. The largest absolute Gasteiger partial charge is 0.508 e. The number of phenols is 1. The van der Waals surface area contributed by atoms with E-state index in [-0.39, 0.29) is 36.5 Å². The number of methoxy groups -OCH3 is 1. The summed E-state index contributed by atoms with van der Waals surface area (Å²) in [4.78, 5) is 25.7. The molecule has 0 spiro atoms. The first-order chi connectivity index (χ1) is 14.7. The monoisotopic (exact) mass is 433 g/mol. The van der Waals surface area contributed by atoms with Crippen LogP contribution in [0.5, 0.6) is 5.75 Å². The molecule has 3 N–H and O–H groups in total. The number of aliphatic hydroxyl groups is 1. The third-order valence-electron chi connectivity index (χ3n) is 5.20. The summed E-state index contributed by atoms with van der Waals surface area (Å²) in [5.41, 5.74) is 0.811. The zero-order valence-electron chi connectivity index (χ0n) is 19.5. The molecule has 0 aromatic heterocycles. The number of allylic oxidation sites excluding steroid dienone is 2. The SMILES string of the molecule is COC(=O)[C@H](Cc1ccc(O)cc1)NC(=O)[C@H](CC(C)C)[C@@H](C=CC(C)C)CCCO. The predicted octanol–water partition coefficient (Wildman–Crippen LogP) is 3.86. The highest BCUT2D eigenvalue weighted by atomic mass is 16.5. The van der Waals surface area contributed by atoms with Gasteiger partial charge >= 0.3 is 5.97 Å². The number of esters is 1. The van der Waals surface area contributed by atoms with Crippen molar-refractivity contribution < 1.29 is 24.5 Å². The summed E-state index contributed by atoms with van der Waals surface area (Å²) >= 11 is 0. The van der Waals surface area contributed by atoms with E-state index >= 15 is 0 Å². The molecule has 174 valence electrons. The van der Waals surface area contributed by atoms with Crippen LogP contribution in [0.25, 0.3) is 0 Å². The van der Waals surface area contributed by atoms with Gasteiger partial charge < -0.3 is 20.3 Å². The Kier molecular flexibility index (Phi) is 11.9. The molecule has 1 rings (SSSR count). The molecule has 1 amide bonds. The maximum Gasteiger partial charge on any atom is 0.328 e. The van der Waals surface area contributed by atoms with Crippen LogP contribution >= 0.6 is 0 Å². The summed E-state index contributed by atoms with van der Waals surface area (Å²) < 4.78 is 4.92. The van der Waals surface area contributed by atoms with Crippen LogP contribution in [0.15, 0.2) is 36.4 Å². The third-order valence-corrected chi connectivity index (χ3v) is 5.20. The van der Waals surface area contributed by atoms with Gasteiger partial charge in [-0.1, -0.05) is 52.0 Å². The van der Waals surface area contributed by atoms with E-state index in [2.05, 4.69) is 45.2 Å². The minimum Gasteiger partial charge on any atom is -0.508 e. The summed E-state index contributed by atoms with van der Waals surface area (Å²) in [6, 6.07) is 5.73. The van der Waals surface area contributed by atoms with Gasteiger partial charge in [0.2, 0.25) is 5.91 Å². The molecule has 3 atom stereocenters. The number of hydrogen-bond donors (Lipinski definition) is 3. The van der Waals surface area contributed by atoms with Crippen LogP contribution in [0.4, 0.5) is 0 Å². The molecule has 6 nitrogen and oxygen atoms in total. The van der Waals surface area contributed by atoms with Gasteiger partial charge in [-0.3, -0.25) is 4.79 Å². The number of aliphatic hydroxyl groups excluding tert-OH is 1. The first kappa shape index (κ1) is 26.7. The van der Waals surface area contributed by atoms with Crippen LogP contribution < -0.4 is 5.32 Å². The number of hydrogen-bond acceptors (Lipinski definition) is 5. The highest BCUT2D eigenvalue weighted by molar-refractivity contribution is 5.86. The van der Waals surface area contributed by atoms with E-state index in [1.807, 2.05) is 0 Å². The summed E-state index contributed by atoms with van der Waals surface area (Å²) in [5, 5.41) is 21.7. The van der Waals surface area contributed by atoms with E-state index in [1.165, 1.54) is 7.11 Å². The van der Waals surface area contributed by atoms with E-state index < -0.39 is 12.0 Å². The lowest BCUT2D eigenvalue weighted by molar-refractivity contribution is -0.145. The molecule has 1 aromatic rings. The van der Waals surface area contributed by atoms with Crippen molar-refractivity contribution in [2.45, 2.75) is 59.4 Å². The van der Waals surface area contributed by atoms with Crippen molar-refractivity contribution >= 4 is 11.9 Å². The summed E-state index contributed by atoms with van der Waals surface area (Å²) in [5.74, 6) is -0.223. The lowest BCUT2D eigenvalue weighted by atomic mass is 9.81. The van der Waals surface area contributed by atoms with Crippen LogP contribution in [-0.4, -0.2) is 41.8 Å². The fourth-order valence-electron chi connectivity index (χ4n) is 3.59. The number of amides is 1. The maximum absolute atomic E-state index is 13.3. The van der Waals surface area contributed by atoms with Crippen LogP contribution in [-0.2, 0) is 20.7 Å². The van der Waals surface area contributed by atoms with Gasteiger partial charge in [0.05, 0.1) is 7.11 Å². The fraction of sp³-hybridized carbons (Fsp3) is 0.600. The average molecular weight is 434 g/mol. The molecule has 1 aromatic carbocycles. The zero-order valence-corrected chi connectivity index (χ0v) is 19.5. The highest BCUT2D eigenvalue weighted by Crippen LogP contribution is 2.27. The molecule has 0 aliphatic carbocycles. The number of benzene rings is 1. The Bertz CT molecular complexity index is 696. The molecule has 0 aliphatic heterocycles. The van der Waals surface area contributed by atoms with E-state index in [1.54, 1.807) is 24.3 Å². The Morgan fingerprint density at radius 3 is 2.26 bits per heavy atom. The lowest BCUT2D eigenvalue weighted by Crippen LogP contribution is -2.47. The number of rotatable bonds is 13. The quantitative estimate of drug-likeness (QED) is 0.324. The van der Waals surface area contributed by atoms with Crippen LogP contribution in [0.1, 0.15) is 52.5 Å². The summed E-state index contributed by atoms with van der Waals surface area (Å²) in [6.07, 6.45) is 6.44. The first-order valence-corrected chi connectivity index (χ1v) is 11.1. The molecule has 0 saturated carbocycles. The Morgan fingerprint density at radius 2 is 1.74 bits per heavy atom. The topological polar surface area (TPSA) is 95.9 Å². The van der Waals surface area contributed by atoms with Gasteiger partial charge in [-0.15, -0.1) is 0 Å². The smallest absolute Gasteiger partial charge is 0.328 e. The summed E-state index contributed by atoms with van der Waals surface area (Å²) in [7, 11) is 1.30. The number of phenolic OH excluding ortho intramolecular Hbond substituents is 1. The van der Waals surface area contributed by atoms with Gasteiger partial charge in [0.25, 0.3) is 0 Å². The van der Waals surface area contributed by atoms with Crippen molar-refractivity contribution in [1.29, 1.82) is 0 Å². The van der Waals surface area contributed by atoms with Crippen LogP contribution in [0, 0.1) is 23.7 Å². The van der Waals surface area contributed by atoms with Gasteiger partial charge in [0, 0.05) is 18.9 Å². The Hall–Kier alpha value is -2.34. The molecule has 0 aliphatic rings. The minimum absolute atomic E-state index is 0.0241. The molecule has 31 heavy (non-hydrogen) atoms. The maximum atomic E-state index is 13.3. The predicted molar refractivity (Wildman–Crippen MR) is 122 cm³/mol. The lowest BCUT2D eigenvalue weighted by Gasteiger charge is -2.28. The van der Waals surface area contributed by atoms with Gasteiger partial charge in [-0.25, -0.2) is 4.79 Å². The molecule has 0 bridgehead atoms. The van der Waals surface area contributed by atoms with Crippen molar-refractivity contribution in [2.24, 2.45) is 23.7 Å². The number of nitrogens with one attached hydrogen (secondary N) is 1. The fourth-order valence-corrected chi connectivity index (χ4v) is 3.59. The Balaban J connectivity index is 3.09. The van der Waals surface area contributed by atoms with E-state index in [4.69, 9.17) is 4.74 Å². The Labute approximate surface area is 186 Å². The highest BCUT2D eigenvalue weighted by Gasteiger charge is 2.31. The van der Waals surface area contributed by atoms with Gasteiger partial charge in [0.1, 0.15) is 11.8 Å². The van der Waals surface area contributed by atoms with Crippen LogP contribution in [0.3, 0.4) is 0 Å². The normalized spacial score (nSPS) is 14.6. The number of carbonyl (C=O) groups excluding carboxylic acids is 2. The van der Waals surface area contributed by atoms with Crippen molar-refractivity contribution in [3.63, 3.8) is 0 Å². The van der Waals surface area contributed by atoms with Gasteiger partial charge in [-0.2, -0.15) is 0 Å². The van der Waals surface area contributed by atoms with Crippen molar-refractivity contribution in [3.05, 3.63) is 42.0 Å². The molecule has 0 radical (unpaired) electrons. The molecule has 0 fully saturated rings. The van der Waals surface area contributed by atoms with Crippen molar-refractivity contribution in [1.82, 2.24) is 5.32 Å². The first-order valence-electron chi connectivity index (χ1n) is 11.1. The number of carbonyl (C=O) groups is 2. The number of ether oxygens (including phenoxy) is 1. The zero-order chi connectivity index (χ0) is 23.4. The third kappa shape index (κ3) is 10.0. The second-order valence-electron chi connectivity index (χ2n) is 8.85. The second kappa shape index (κ2) is 13.9. The Morgan fingerprint density at radius 1 is 1.10 bits per heavy atom. The van der Waals surface area contributed by atoms with Crippen molar-refractivity contribution in [2.75, 3.05) is 13.7 Å². The molecule has 6 heteroatoms. The minimum atomic E-state index is -0.815.